The largest absolute Gasteiger partial charge is 0.429 e. The van der Waals surface area contributed by atoms with Gasteiger partial charge in [-0.15, -0.1) is 0 Å². The van der Waals surface area contributed by atoms with E-state index >= 15 is 0 Å². The molecule has 3 aromatic rings. The van der Waals surface area contributed by atoms with Crippen molar-refractivity contribution in [3.63, 3.8) is 0 Å². The van der Waals surface area contributed by atoms with E-state index in [1.807, 2.05) is 6.92 Å². The Bertz CT molecular complexity index is 1040. The first-order valence-corrected chi connectivity index (χ1v) is 9.31. The molecule has 0 spiro atoms. The molecule has 0 aliphatic carbocycles. The lowest BCUT2D eigenvalue weighted by atomic mass is 10.00. The first kappa shape index (κ1) is 22.0. The molecule has 0 saturated heterocycles. The number of aryl methyl sites for hydroxylation is 1. The smallest absolute Gasteiger partial charge is 0.426 e. The molecule has 0 aliphatic rings. The fourth-order valence-corrected chi connectivity index (χ4v) is 3.18. The average molecular weight is 445 g/mol. The fourth-order valence-electron chi connectivity index (χ4n) is 2.92. The quantitative estimate of drug-likeness (QED) is 0.280. The maximum absolute atomic E-state index is 14.6. The van der Waals surface area contributed by atoms with Crippen molar-refractivity contribution in [2.45, 2.75) is 25.9 Å². The number of rotatable bonds is 6. The molecule has 0 amide bonds. The molecule has 0 heterocycles. The highest BCUT2D eigenvalue weighted by Gasteiger charge is 2.35. The zero-order chi connectivity index (χ0) is 22.1. The van der Waals surface area contributed by atoms with Crippen molar-refractivity contribution in [3.05, 3.63) is 87.9 Å². The van der Waals surface area contributed by atoms with Gasteiger partial charge >= 0.3 is 6.11 Å². The summed E-state index contributed by atoms with van der Waals surface area (Å²) in [7, 11) is 0. The van der Waals surface area contributed by atoms with Crippen LogP contribution in [-0.2, 0) is 12.5 Å². The number of hydrogen-bond acceptors (Lipinski definition) is 1. The van der Waals surface area contributed by atoms with Gasteiger partial charge in [-0.1, -0.05) is 49.2 Å². The summed E-state index contributed by atoms with van der Waals surface area (Å²) >= 11 is 6.05. The van der Waals surface area contributed by atoms with E-state index in [-0.39, 0.29) is 10.6 Å². The number of halogens is 7. The van der Waals surface area contributed by atoms with E-state index in [1.54, 1.807) is 6.07 Å². The minimum absolute atomic E-state index is 0.0209. The van der Waals surface area contributed by atoms with E-state index in [0.717, 1.165) is 18.6 Å². The van der Waals surface area contributed by atoms with Crippen molar-refractivity contribution >= 4 is 11.6 Å². The van der Waals surface area contributed by atoms with Crippen LogP contribution in [0.25, 0.3) is 11.1 Å². The standard InChI is InChI=1S/C22H15ClF6O/c1-2-3-13-6-9-16(20(26)19(13)23)12-4-7-14(8-5-12)22(28,29)30-15-10-17(24)21(27)18(25)11-15/h4-11H,2-3H2,1H3. The molecular formula is C22H15ClF6O. The summed E-state index contributed by atoms with van der Waals surface area (Å²) in [6.07, 6.45) is -2.59. The highest BCUT2D eigenvalue weighted by molar-refractivity contribution is 6.31. The molecule has 0 radical (unpaired) electrons. The Kier molecular flexibility index (Phi) is 6.31. The van der Waals surface area contributed by atoms with E-state index in [9.17, 15) is 26.3 Å². The number of benzene rings is 3. The summed E-state index contributed by atoms with van der Waals surface area (Å²) in [6.45, 7) is 1.93. The van der Waals surface area contributed by atoms with Gasteiger partial charge in [-0.3, -0.25) is 0 Å². The lowest BCUT2D eigenvalue weighted by molar-refractivity contribution is -0.185. The van der Waals surface area contributed by atoms with Gasteiger partial charge < -0.3 is 4.74 Å². The van der Waals surface area contributed by atoms with Crippen LogP contribution < -0.4 is 4.74 Å². The minimum Gasteiger partial charge on any atom is -0.429 e. The molecule has 0 N–H and O–H groups in total. The summed E-state index contributed by atoms with van der Waals surface area (Å²) in [4.78, 5) is 0. The average Bonchev–Trinajstić information content (AvgIpc) is 2.70. The molecule has 0 aliphatic heterocycles. The van der Waals surface area contributed by atoms with Gasteiger partial charge in [-0.05, 0) is 29.7 Å². The van der Waals surface area contributed by atoms with Gasteiger partial charge in [0.2, 0.25) is 0 Å². The van der Waals surface area contributed by atoms with Gasteiger partial charge in [0, 0.05) is 17.7 Å². The van der Waals surface area contributed by atoms with Crippen molar-refractivity contribution in [1.82, 2.24) is 0 Å². The third kappa shape index (κ3) is 4.41. The van der Waals surface area contributed by atoms with Crippen LogP contribution in [0.3, 0.4) is 0 Å². The second kappa shape index (κ2) is 8.60. The van der Waals surface area contributed by atoms with Crippen LogP contribution in [0.2, 0.25) is 5.02 Å². The van der Waals surface area contributed by atoms with Crippen LogP contribution in [0, 0.1) is 23.3 Å². The molecule has 1 nitrogen and oxygen atoms in total. The zero-order valence-corrected chi connectivity index (χ0v) is 16.3. The van der Waals surface area contributed by atoms with Crippen molar-refractivity contribution < 1.29 is 31.1 Å². The number of ether oxygens (including phenoxy) is 1. The summed E-state index contributed by atoms with van der Waals surface area (Å²) < 4.78 is 87.1. The van der Waals surface area contributed by atoms with E-state index < -0.39 is 40.7 Å². The van der Waals surface area contributed by atoms with Crippen molar-refractivity contribution in [1.29, 1.82) is 0 Å². The summed E-state index contributed by atoms with van der Waals surface area (Å²) in [5.74, 6) is -6.65. The number of hydrogen-bond donors (Lipinski definition) is 0. The van der Waals surface area contributed by atoms with Gasteiger partial charge in [0.1, 0.15) is 11.6 Å². The maximum atomic E-state index is 14.6. The van der Waals surface area contributed by atoms with Crippen molar-refractivity contribution in [2.75, 3.05) is 0 Å². The lowest BCUT2D eigenvalue weighted by Gasteiger charge is -2.19. The van der Waals surface area contributed by atoms with E-state index in [0.29, 0.717) is 29.7 Å². The summed E-state index contributed by atoms with van der Waals surface area (Å²) in [5.41, 5.74) is 0.440. The Hall–Kier alpha value is -2.67. The molecule has 158 valence electrons. The van der Waals surface area contributed by atoms with Gasteiger partial charge in [0.25, 0.3) is 0 Å². The molecule has 0 fully saturated rings. The minimum atomic E-state index is -3.98. The van der Waals surface area contributed by atoms with Crippen LogP contribution in [0.5, 0.6) is 5.75 Å². The Morgan fingerprint density at radius 3 is 2.03 bits per heavy atom. The van der Waals surface area contributed by atoms with E-state index in [4.69, 9.17) is 11.6 Å². The van der Waals surface area contributed by atoms with Gasteiger partial charge in [-0.2, -0.15) is 8.78 Å². The first-order valence-electron chi connectivity index (χ1n) is 8.93. The molecule has 0 unspecified atom stereocenters. The van der Waals surface area contributed by atoms with Gasteiger partial charge in [0.15, 0.2) is 17.5 Å². The van der Waals surface area contributed by atoms with E-state index in [2.05, 4.69) is 4.74 Å². The Morgan fingerprint density at radius 2 is 1.47 bits per heavy atom. The molecule has 3 rings (SSSR count). The Labute approximate surface area is 173 Å². The molecule has 0 atom stereocenters. The highest BCUT2D eigenvalue weighted by Crippen LogP contribution is 2.35. The SMILES string of the molecule is CCCc1ccc(-c2ccc(C(F)(F)Oc3cc(F)c(F)c(F)c3)cc2)c(F)c1Cl. The predicted molar refractivity (Wildman–Crippen MR) is 102 cm³/mol. The highest BCUT2D eigenvalue weighted by atomic mass is 35.5. The predicted octanol–water partition coefficient (Wildman–Crippen LogP) is 7.64. The normalized spacial score (nSPS) is 11.6. The summed E-state index contributed by atoms with van der Waals surface area (Å²) in [6, 6.07) is 8.27. The monoisotopic (exact) mass is 444 g/mol. The molecule has 0 aromatic heterocycles. The second-order valence-corrected chi connectivity index (χ2v) is 6.93. The third-order valence-corrected chi connectivity index (χ3v) is 4.83. The second-order valence-electron chi connectivity index (χ2n) is 6.55. The molecule has 8 heteroatoms. The van der Waals surface area contributed by atoms with Gasteiger partial charge in [0.05, 0.1) is 10.6 Å². The van der Waals surface area contributed by atoms with Crippen LogP contribution in [0.1, 0.15) is 24.5 Å². The zero-order valence-electron chi connectivity index (χ0n) is 15.6. The maximum Gasteiger partial charge on any atom is 0.426 e. The molecule has 3 aromatic carbocycles. The van der Waals surface area contributed by atoms with Crippen LogP contribution in [0.15, 0.2) is 48.5 Å². The Morgan fingerprint density at radius 1 is 0.867 bits per heavy atom. The molecular weight excluding hydrogens is 430 g/mol. The van der Waals surface area contributed by atoms with E-state index in [1.165, 1.54) is 18.2 Å². The van der Waals surface area contributed by atoms with Gasteiger partial charge in [-0.25, -0.2) is 17.6 Å². The van der Waals surface area contributed by atoms with Crippen LogP contribution in [-0.4, -0.2) is 0 Å². The molecule has 30 heavy (non-hydrogen) atoms. The molecule has 0 bridgehead atoms. The molecule has 0 saturated carbocycles. The third-order valence-electron chi connectivity index (χ3n) is 4.42. The summed E-state index contributed by atoms with van der Waals surface area (Å²) in [5, 5.41) is -0.0209. The lowest BCUT2D eigenvalue weighted by Crippen LogP contribution is -2.22. The topological polar surface area (TPSA) is 9.23 Å². The Balaban J connectivity index is 1.87. The van der Waals surface area contributed by atoms with Crippen molar-refractivity contribution in [2.24, 2.45) is 0 Å². The first-order chi connectivity index (χ1) is 14.1. The van der Waals surface area contributed by atoms with Crippen molar-refractivity contribution in [3.8, 4) is 16.9 Å². The number of alkyl halides is 2. The van der Waals surface area contributed by atoms with Crippen LogP contribution in [0.4, 0.5) is 26.3 Å². The fraction of sp³-hybridized carbons (Fsp3) is 0.182. The van der Waals surface area contributed by atoms with Crippen LogP contribution >= 0.6 is 11.6 Å².